The van der Waals surface area contributed by atoms with Crippen LogP contribution in [0.2, 0.25) is 0 Å². The summed E-state index contributed by atoms with van der Waals surface area (Å²) in [4.78, 5) is 0. The van der Waals surface area contributed by atoms with Crippen LogP contribution in [-0.4, -0.2) is 13.3 Å². The molecule has 0 aliphatic rings. The minimum Gasteiger partial charge on any atom is -0.784 e. The van der Waals surface area contributed by atoms with Gasteiger partial charge in [-0.25, -0.2) is 5.25 Å². The molecule has 0 bridgehead atoms. The summed E-state index contributed by atoms with van der Waals surface area (Å²) in [6, 6.07) is 0. The molecule has 0 heterocycles. The predicted octanol–water partition coefficient (Wildman–Crippen LogP) is -3.90. The average molecular weight is 155 g/mol. The monoisotopic (exact) mass is 154 g/mol. The van der Waals surface area contributed by atoms with E-state index in [4.69, 9.17) is 13.3 Å². The molecule has 40 valence electrons. The van der Waals surface area contributed by atoms with Crippen LogP contribution in [0.5, 0.6) is 0 Å². The summed E-state index contributed by atoms with van der Waals surface area (Å²) < 4.78 is 25.3. The van der Waals surface area contributed by atoms with Crippen LogP contribution in [0.1, 0.15) is 0 Å². The maximum absolute atomic E-state index is 8.44. The van der Waals surface area contributed by atoms with Crippen LogP contribution in [0, 0.1) is 0 Å². The Balaban J connectivity index is -0.0000000480. The Morgan fingerprint density at radius 2 is 1.43 bits per heavy atom. The molecule has 4 nitrogen and oxygen atoms in total. The van der Waals surface area contributed by atoms with E-state index in [9.17, 15) is 0 Å². The summed E-state index contributed by atoms with van der Waals surface area (Å²) in [5.41, 5.74) is 0. The molecule has 0 aliphatic carbocycles. The molecular formula is H2ClNNaO3S-. The standard InChI is InChI=1S/ClH2N.Na.H2O3S/c1-2;;1-4(2)3/h2H2;;(H2,1,2,3)/q;+1;/p-2. The molecule has 0 rings (SSSR count). The zero-order valence-corrected chi connectivity index (χ0v) is 7.16. The van der Waals surface area contributed by atoms with E-state index in [1.165, 1.54) is 0 Å². The van der Waals surface area contributed by atoms with E-state index in [-0.39, 0.29) is 29.6 Å². The van der Waals surface area contributed by atoms with Crippen molar-refractivity contribution >= 4 is 23.1 Å². The number of nitrogens with two attached hydrogens (primary N) is 1. The molecule has 0 amide bonds. The van der Waals surface area contributed by atoms with Crippen LogP contribution in [-0.2, 0) is 11.4 Å². The first-order chi connectivity index (χ1) is 2.73. The number of hydrogen-bond donors (Lipinski definition) is 1. The van der Waals surface area contributed by atoms with Gasteiger partial charge in [0.1, 0.15) is 0 Å². The summed E-state index contributed by atoms with van der Waals surface area (Å²) in [6.07, 6.45) is 0. The molecule has 2 N–H and O–H groups in total. The summed E-state index contributed by atoms with van der Waals surface area (Å²) in [5.74, 6) is 0. The summed E-state index contributed by atoms with van der Waals surface area (Å²) in [7, 11) is 0. The van der Waals surface area contributed by atoms with Crippen LogP contribution in [0.3, 0.4) is 0 Å². The maximum Gasteiger partial charge on any atom is 1.00 e. The first-order valence-corrected chi connectivity index (χ1v) is 2.15. The fraction of sp³-hybridized carbons (Fsp3) is 0. The van der Waals surface area contributed by atoms with Gasteiger partial charge in [-0.1, -0.05) is 0 Å². The molecule has 0 spiro atoms. The van der Waals surface area contributed by atoms with Crippen LogP contribution in [0.25, 0.3) is 0 Å². The zero-order chi connectivity index (χ0) is 5.58. The molecule has 7 heteroatoms. The SMILES string of the molecule is NCl.O=S([O-])[O-].[Na+]. The summed E-state index contributed by atoms with van der Waals surface area (Å²) in [5, 5.41) is 3.97. The van der Waals surface area contributed by atoms with Crippen molar-refractivity contribution in [2.45, 2.75) is 0 Å². The molecular weight excluding hydrogens is 153 g/mol. The van der Waals surface area contributed by atoms with Gasteiger partial charge in [-0.15, -0.1) is 11.4 Å². The average Bonchev–Trinajstić information content (AvgIpc) is 1.41. The first-order valence-electron chi connectivity index (χ1n) is 0.718. The molecule has 0 aromatic carbocycles. The maximum atomic E-state index is 8.44. The van der Waals surface area contributed by atoms with Crippen molar-refractivity contribution in [3.8, 4) is 0 Å². The minimum atomic E-state index is -3.11. The molecule has 0 fully saturated rings. The van der Waals surface area contributed by atoms with Gasteiger partial charge in [0.15, 0.2) is 0 Å². The second-order valence-electron chi connectivity index (χ2n) is 0.204. The topological polar surface area (TPSA) is 89.2 Å². The number of halogens is 1. The Bertz CT molecular complexity index is 37.9. The molecule has 7 heavy (non-hydrogen) atoms. The van der Waals surface area contributed by atoms with E-state index in [0.29, 0.717) is 0 Å². The van der Waals surface area contributed by atoms with Crippen molar-refractivity contribution in [3.05, 3.63) is 0 Å². The summed E-state index contributed by atoms with van der Waals surface area (Å²) >= 11 is 1.03. The smallest absolute Gasteiger partial charge is 0.784 e. The van der Waals surface area contributed by atoms with Crippen LogP contribution < -0.4 is 34.8 Å². The van der Waals surface area contributed by atoms with E-state index in [2.05, 4.69) is 17.0 Å². The largest absolute Gasteiger partial charge is 1.00 e. The van der Waals surface area contributed by atoms with E-state index >= 15 is 0 Å². The first kappa shape index (κ1) is 15.8. The Hall–Kier alpha value is 1.32. The molecule has 0 atom stereocenters. The normalized spacial score (nSPS) is 5.86. The fourth-order valence-corrected chi connectivity index (χ4v) is 0. The third-order valence-corrected chi connectivity index (χ3v) is 0. The number of rotatable bonds is 0. The molecule has 0 aliphatic heterocycles. The van der Waals surface area contributed by atoms with Gasteiger partial charge in [0.2, 0.25) is 0 Å². The van der Waals surface area contributed by atoms with Gasteiger partial charge >= 0.3 is 29.6 Å². The van der Waals surface area contributed by atoms with Crippen molar-refractivity contribution < 1.29 is 42.9 Å². The second kappa shape index (κ2) is 15.7. The Morgan fingerprint density at radius 1 is 1.43 bits per heavy atom. The van der Waals surface area contributed by atoms with Crippen molar-refractivity contribution in [2.75, 3.05) is 0 Å². The van der Waals surface area contributed by atoms with Gasteiger partial charge in [0.25, 0.3) is 0 Å². The Morgan fingerprint density at radius 3 is 1.43 bits per heavy atom. The van der Waals surface area contributed by atoms with Gasteiger partial charge < -0.3 is 9.11 Å². The molecule has 0 saturated carbocycles. The Labute approximate surface area is 70.9 Å². The third-order valence-electron chi connectivity index (χ3n) is 0. The van der Waals surface area contributed by atoms with Gasteiger partial charge in [0.05, 0.1) is 0 Å². The van der Waals surface area contributed by atoms with Crippen molar-refractivity contribution in [3.63, 3.8) is 0 Å². The fourth-order valence-electron chi connectivity index (χ4n) is 0. The zero-order valence-electron chi connectivity index (χ0n) is 3.59. The van der Waals surface area contributed by atoms with E-state index in [1.807, 2.05) is 0 Å². The van der Waals surface area contributed by atoms with E-state index in [1.54, 1.807) is 0 Å². The van der Waals surface area contributed by atoms with Crippen LogP contribution in [0.4, 0.5) is 0 Å². The van der Waals surface area contributed by atoms with Crippen LogP contribution in [0.15, 0.2) is 0 Å². The van der Waals surface area contributed by atoms with Gasteiger partial charge in [-0.05, 0) is 11.8 Å². The predicted molar refractivity (Wildman–Crippen MR) is 19.7 cm³/mol. The van der Waals surface area contributed by atoms with Crippen molar-refractivity contribution in [2.24, 2.45) is 5.25 Å². The summed E-state index contributed by atoms with van der Waals surface area (Å²) in [6.45, 7) is 0. The second-order valence-corrected chi connectivity index (χ2v) is 0.612. The van der Waals surface area contributed by atoms with Crippen molar-refractivity contribution in [1.29, 1.82) is 0 Å². The third kappa shape index (κ3) is 119. The molecule has 0 radical (unpaired) electrons. The van der Waals surface area contributed by atoms with Gasteiger partial charge in [-0.2, -0.15) is 0 Å². The minimum absolute atomic E-state index is 0. The van der Waals surface area contributed by atoms with E-state index in [0.717, 1.165) is 0 Å². The van der Waals surface area contributed by atoms with Crippen molar-refractivity contribution in [1.82, 2.24) is 0 Å². The molecule has 0 aromatic rings. The Kier molecular flexibility index (Phi) is 35.3. The van der Waals surface area contributed by atoms with Crippen LogP contribution >= 0.6 is 11.8 Å². The van der Waals surface area contributed by atoms with E-state index < -0.39 is 11.4 Å². The quantitative estimate of drug-likeness (QED) is 0.219. The van der Waals surface area contributed by atoms with Gasteiger partial charge in [-0.3, -0.25) is 4.21 Å². The van der Waals surface area contributed by atoms with Gasteiger partial charge in [0, 0.05) is 0 Å². The molecule has 0 saturated heterocycles. The molecule has 0 aromatic heterocycles. The number of hydrogen-bond acceptors (Lipinski definition) is 4. The molecule has 0 unspecified atom stereocenters.